The third kappa shape index (κ3) is 2.73. The Morgan fingerprint density at radius 2 is 2.20 bits per heavy atom. The van der Waals surface area contributed by atoms with E-state index in [0.29, 0.717) is 12.1 Å². The van der Waals surface area contributed by atoms with Crippen molar-refractivity contribution in [2.45, 2.75) is 38.0 Å². The molecule has 1 heterocycles. The Morgan fingerprint density at radius 3 is 2.93 bits per heavy atom. The van der Waals surface area contributed by atoms with Crippen LogP contribution in [0.1, 0.15) is 24.8 Å². The van der Waals surface area contributed by atoms with Crippen LogP contribution >= 0.6 is 0 Å². The number of methoxy groups -OCH3 is 1. The van der Waals surface area contributed by atoms with Gasteiger partial charge >= 0.3 is 0 Å². The van der Waals surface area contributed by atoms with Crippen molar-refractivity contribution < 1.29 is 4.74 Å². The van der Waals surface area contributed by atoms with Gasteiger partial charge in [-0.2, -0.15) is 0 Å². The Morgan fingerprint density at radius 1 is 1.40 bits per heavy atom. The van der Waals surface area contributed by atoms with Gasteiger partial charge in [-0.1, -0.05) is 0 Å². The van der Waals surface area contributed by atoms with Crippen LogP contribution in [0, 0.1) is 0 Å². The van der Waals surface area contributed by atoms with Crippen LogP contribution in [0.3, 0.4) is 0 Å². The second-order valence-corrected chi connectivity index (χ2v) is 3.94. The molecular weight excluding hydrogens is 190 g/mol. The van der Waals surface area contributed by atoms with Crippen molar-refractivity contribution in [2.75, 3.05) is 7.11 Å². The molecule has 2 unspecified atom stereocenters. The van der Waals surface area contributed by atoms with Gasteiger partial charge in [-0.15, -0.1) is 0 Å². The minimum absolute atomic E-state index is 0.370. The van der Waals surface area contributed by atoms with Gasteiger partial charge in [-0.25, -0.2) is 9.97 Å². The molecule has 2 atom stereocenters. The molecule has 0 radical (unpaired) electrons. The Kier molecular flexibility index (Phi) is 3.64. The second-order valence-electron chi connectivity index (χ2n) is 3.94. The van der Waals surface area contributed by atoms with E-state index in [1.54, 1.807) is 13.4 Å². The number of ether oxygens (including phenoxy) is 1. The number of nitrogens with one attached hydrogen (secondary N) is 1. The average molecular weight is 207 g/mol. The fourth-order valence-corrected chi connectivity index (χ4v) is 2.11. The zero-order valence-corrected chi connectivity index (χ0v) is 9.02. The second kappa shape index (κ2) is 5.19. The molecule has 82 valence electrons. The summed E-state index contributed by atoms with van der Waals surface area (Å²) in [5.41, 5.74) is 1.12. The van der Waals surface area contributed by atoms with E-state index in [4.69, 9.17) is 4.74 Å². The summed E-state index contributed by atoms with van der Waals surface area (Å²) >= 11 is 0. The predicted molar refractivity (Wildman–Crippen MR) is 57.3 cm³/mol. The SMILES string of the molecule is COC1CCCC1NCc1cncnc1. The summed E-state index contributed by atoms with van der Waals surface area (Å²) < 4.78 is 5.42. The number of rotatable bonds is 4. The first kappa shape index (κ1) is 10.5. The molecule has 0 aromatic carbocycles. The van der Waals surface area contributed by atoms with Crippen LogP contribution in [0.5, 0.6) is 0 Å². The van der Waals surface area contributed by atoms with Gasteiger partial charge in [0.1, 0.15) is 6.33 Å². The molecule has 1 aliphatic rings. The van der Waals surface area contributed by atoms with E-state index in [0.717, 1.165) is 12.1 Å². The first-order valence-corrected chi connectivity index (χ1v) is 5.40. The zero-order valence-electron chi connectivity index (χ0n) is 9.02. The molecule has 4 heteroatoms. The van der Waals surface area contributed by atoms with Crippen molar-refractivity contribution in [3.63, 3.8) is 0 Å². The van der Waals surface area contributed by atoms with Crippen LogP contribution < -0.4 is 5.32 Å². The molecule has 1 aliphatic carbocycles. The van der Waals surface area contributed by atoms with Gasteiger partial charge in [-0.3, -0.25) is 0 Å². The summed E-state index contributed by atoms with van der Waals surface area (Å²) in [5, 5.41) is 3.49. The van der Waals surface area contributed by atoms with Crippen LogP contribution in [0.25, 0.3) is 0 Å². The van der Waals surface area contributed by atoms with Crippen molar-refractivity contribution in [1.29, 1.82) is 0 Å². The van der Waals surface area contributed by atoms with E-state index in [1.165, 1.54) is 19.3 Å². The molecule has 1 aromatic heterocycles. The van der Waals surface area contributed by atoms with Crippen LogP contribution in [0.15, 0.2) is 18.7 Å². The summed E-state index contributed by atoms with van der Waals surface area (Å²) in [6.07, 6.45) is 9.23. The maximum absolute atomic E-state index is 5.42. The lowest BCUT2D eigenvalue weighted by atomic mass is 10.2. The molecular formula is C11H17N3O. The average Bonchev–Trinajstić information content (AvgIpc) is 2.75. The maximum atomic E-state index is 5.42. The van der Waals surface area contributed by atoms with E-state index in [1.807, 2.05) is 12.4 Å². The highest BCUT2D eigenvalue weighted by atomic mass is 16.5. The standard InChI is InChI=1S/C11H17N3O/c1-15-11-4-2-3-10(11)14-7-9-5-12-8-13-6-9/h5-6,8,10-11,14H,2-4,7H2,1H3. The molecule has 1 fully saturated rings. The van der Waals surface area contributed by atoms with Gasteiger partial charge in [0.25, 0.3) is 0 Å². The van der Waals surface area contributed by atoms with E-state index >= 15 is 0 Å². The van der Waals surface area contributed by atoms with Gasteiger partial charge in [0, 0.05) is 37.7 Å². The molecule has 0 amide bonds. The Bertz CT molecular complexity index is 291. The summed E-state index contributed by atoms with van der Waals surface area (Å²) in [5.74, 6) is 0. The lowest BCUT2D eigenvalue weighted by Crippen LogP contribution is -2.36. The van der Waals surface area contributed by atoms with Gasteiger partial charge in [0.2, 0.25) is 0 Å². The highest BCUT2D eigenvalue weighted by Crippen LogP contribution is 2.21. The highest BCUT2D eigenvalue weighted by molar-refractivity contribution is 5.02. The highest BCUT2D eigenvalue weighted by Gasteiger charge is 2.26. The summed E-state index contributed by atoms with van der Waals surface area (Å²) in [6.45, 7) is 0.825. The van der Waals surface area contributed by atoms with Crippen LogP contribution in [-0.2, 0) is 11.3 Å². The monoisotopic (exact) mass is 207 g/mol. The Balaban J connectivity index is 1.83. The summed E-state index contributed by atoms with van der Waals surface area (Å²) in [4.78, 5) is 7.97. The van der Waals surface area contributed by atoms with Crippen molar-refractivity contribution in [3.8, 4) is 0 Å². The van der Waals surface area contributed by atoms with Crippen LogP contribution in [-0.4, -0.2) is 29.2 Å². The summed E-state index contributed by atoms with van der Waals surface area (Å²) in [7, 11) is 1.79. The van der Waals surface area contributed by atoms with Crippen molar-refractivity contribution in [2.24, 2.45) is 0 Å². The molecule has 1 aromatic rings. The molecule has 0 aliphatic heterocycles. The largest absolute Gasteiger partial charge is 0.380 e. The fraction of sp³-hybridized carbons (Fsp3) is 0.636. The first-order chi connectivity index (χ1) is 7.40. The number of nitrogens with zero attached hydrogens (tertiary/aromatic N) is 2. The minimum Gasteiger partial charge on any atom is -0.380 e. The third-order valence-electron chi connectivity index (χ3n) is 2.94. The van der Waals surface area contributed by atoms with Gasteiger partial charge < -0.3 is 10.1 Å². The molecule has 0 bridgehead atoms. The first-order valence-electron chi connectivity index (χ1n) is 5.40. The van der Waals surface area contributed by atoms with Gasteiger partial charge in [0.05, 0.1) is 6.10 Å². The van der Waals surface area contributed by atoms with Crippen LogP contribution in [0.4, 0.5) is 0 Å². The molecule has 0 spiro atoms. The van der Waals surface area contributed by atoms with Crippen molar-refractivity contribution in [1.82, 2.24) is 15.3 Å². The number of hydrogen-bond donors (Lipinski definition) is 1. The van der Waals surface area contributed by atoms with E-state index in [2.05, 4.69) is 15.3 Å². The number of hydrogen-bond acceptors (Lipinski definition) is 4. The van der Waals surface area contributed by atoms with E-state index in [-0.39, 0.29) is 0 Å². The molecule has 15 heavy (non-hydrogen) atoms. The van der Waals surface area contributed by atoms with Crippen molar-refractivity contribution in [3.05, 3.63) is 24.3 Å². The third-order valence-corrected chi connectivity index (χ3v) is 2.94. The zero-order chi connectivity index (χ0) is 10.5. The fourth-order valence-electron chi connectivity index (χ4n) is 2.11. The van der Waals surface area contributed by atoms with E-state index in [9.17, 15) is 0 Å². The quantitative estimate of drug-likeness (QED) is 0.804. The minimum atomic E-state index is 0.370. The smallest absolute Gasteiger partial charge is 0.115 e. The summed E-state index contributed by atoms with van der Waals surface area (Å²) in [6, 6.07) is 0.482. The Hall–Kier alpha value is -1.00. The molecule has 2 rings (SSSR count). The maximum Gasteiger partial charge on any atom is 0.115 e. The van der Waals surface area contributed by atoms with Crippen molar-refractivity contribution >= 4 is 0 Å². The van der Waals surface area contributed by atoms with Gasteiger partial charge in [-0.05, 0) is 19.3 Å². The molecule has 4 nitrogen and oxygen atoms in total. The topological polar surface area (TPSA) is 47.0 Å². The lowest BCUT2D eigenvalue weighted by molar-refractivity contribution is 0.0847. The molecule has 1 N–H and O–H groups in total. The van der Waals surface area contributed by atoms with E-state index < -0.39 is 0 Å². The molecule has 1 saturated carbocycles. The predicted octanol–water partition coefficient (Wildman–Crippen LogP) is 1.13. The molecule has 0 saturated heterocycles. The van der Waals surface area contributed by atoms with Gasteiger partial charge in [0.15, 0.2) is 0 Å². The number of aromatic nitrogens is 2. The van der Waals surface area contributed by atoms with Crippen LogP contribution in [0.2, 0.25) is 0 Å². The normalized spacial score (nSPS) is 25.7. The Labute approximate surface area is 90.1 Å². The lowest BCUT2D eigenvalue weighted by Gasteiger charge is -2.19.